The molecule has 3 aromatic rings. The molecule has 8 N–H and O–H groups in total. The first-order valence-electron chi connectivity index (χ1n) is 16.8. The minimum Gasteiger partial charge on any atom is -0.410 e. The predicted molar refractivity (Wildman–Crippen MR) is 198 cm³/mol. The number of allylic oxidation sites excluding steroid dienone is 6. The number of nitrogens with one attached hydrogen (secondary N) is 8. The molecule has 6 rings (SSSR count). The molecule has 3 aliphatic carbocycles. The number of H-pyrrole nitrogens is 2. The number of aryl methyl sites for hydroxylation is 2. The van der Waals surface area contributed by atoms with Crippen molar-refractivity contribution in [1.29, 1.82) is 0 Å². The van der Waals surface area contributed by atoms with Crippen LogP contribution in [0.3, 0.4) is 0 Å². The molecule has 21 nitrogen and oxygen atoms in total. The highest BCUT2D eigenvalue weighted by Gasteiger charge is 2.20. The molecule has 2 heterocycles. The van der Waals surface area contributed by atoms with Crippen LogP contribution in [0.4, 0.5) is 35.9 Å². The van der Waals surface area contributed by atoms with Gasteiger partial charge in [-0.2, -0.15) is 9.97 Å². The minimum absolute atomic E-state index is 0.00273. The molecule has 0 fully saturated rings. The predicted octanol–water partition coefficient (Wildman–Crippen LogP) is 3.96. The molecule has 292 valence electrons. The average molecular weight is 781 g/mol. The Kier molecular flexibility index (Phi) is 11.7. The van der Waals surface area contributed by atoms with Crippen molar-refractivity contribution in [3.8, 4) is 11.5 Å². The second-order valence-electron chi connectivity index (χ2n) is 12.2. The number of hydrogen-bond donors (Lipinski definition) is 8. The van der Waals surface area contributed by atoms with Gasteiger partial charge in [-0.05, 0) is 56.4 Å². The van der Waals surface area contributed by atoms with Crippen molar-refractivity contribution in [1.82, 2.24) is 41.2 Å². The molecule has 0 saturated heterocycles. The highest BCUT2D eigenvalue weighted by molar-refractivity contribution is 5.89. The number of carbonyl (C=O) groups excluding carboxylic acids is 5. The van der Waals surface area contributed by atoms with Crippen molar-refractivity contribution >= 4 is 42.3 Å². The summed E-state index contributed by atoms with van der Waals surface area (Å²) < 4.78 is 21.0. The Morgan fingerprint density at radius 2 is 1.11 bits per heavy atom. The lowest BCUT2D eigenvalue weighted by molar-refractivity contribution is 0.125. The summed E-state index contributed by atoms with van der Waals surface area (Å²) in [4.78, 5) is 98.0. The zero-order valence-corrected chi connectivity index (χ0v) is 29.9. The van der Waals surface area contributed by atoms with E-state index in [1.165, 1.54) is 48.6 Å². The van der Waals surface area contributed by atoms with Crippen molar-refractivity contribution in [2.45, 2.75) is 33.1 Å². The van der Waals surface area contributed by atoms with E-state index in [-0.39, 0.29) is 54.2 Å². The number of aromatic amines is 2. The van der Waals surface area contributed by atoms with E-state index in [1.807, 2.05) is 0 Å². The second-order valence-corrected chi connectivity index (χ2v) is 12.2. The van der Waals surface area contributed by atoms with Crippen LogP contribution < -0.4 is 52.5 Å². The van der Waals surface area contributed by atoms with Crippen molar-refractivity contribution in [3.63, 3.8) is 0 Å². The van der Waals surface area contributed by atoms with Gasteiger partial charge >= 0.3 is 30.4 Å². The number of amides is 6. The largest absolute Gasteiger partial charge is 0.519 e. The Morgan fingerprint density at radius 3 is 1.63 bits per heavy atom. The summed E-state index contributed by atoms with van der Waals surface area (Å²) in [5.74, 6) is 0.240. The van der Waals surface area contributed by atoms with Crippen LogP contribution in [-0.2, 0) is 9.47 Å². The molecule has 1 aromatic carbocycles. The quantitative estimate of drug-likeness (QED) is 0.107. The van der Waals surface area contributed by atoms with E-state index in [0.717, 1.165) is 0 Å². The monoisotopic (exact) mass is 780 g/mol. The van der Waals surface area contributed by atoms with Crippen molar-refractivity contribution < 1.29 is 42.9 Å². The molecule has 0 spiro atoms. The van der Waals surface area contributed by atoms with Gasteiger partial charge in [0.2, 0.25) is 11.9 Å². The number of anilines is 2. The molecule has 21 heteroatoms. The SMILES string of the molecule is Cc1cc(=O)nc(NC(=O)NC2=CC=C(NC(=O)OC3=CCC(OC(=O)Oc4cccc(OC(=O)NC5=CC=C(NC(=O)Nc6nc(=O)cc(C)[nH]6)C5)c4)=C3)C2)[nH]1. The Labute approximate surface area is 320 Å². The molecule has 6 amide bonds. The van der Waals surface area contributed by atoms with Gasteiger partial charge < -0.3 is 39.5 Å². The van der Waals surface area contributed by atoms with Crippen molar-refractivity contribution in [2.75, 3.05) is 10.6 Å². The van der Waals surface area contributed by atoms with E-state index in [1.54, 1.807) is 38.2 Å². The standard InChI is InChI=1S/C36H32N10O11/c1-18-12-28(47)43-30(37-18)45-32(49)39-20-6-8-22(14-20)41-34(51)54-24-4-3-5-25(16-24)56-36(53)57-27-11-10-26(17-27)55-35(52)42-23-9-7-21(15-23)40-33(50)46-31-38-19(2)13-29(48)44-31/h3-10,12-13,16-17H,11,14-15H2,1-2H3,(H,41,51)(H,42,52)(H3,37,39,43,45,47,49)(H3,38,40,44,46,48,50). The second kappa shape index (κ2) is 17.3. The van der Waals surface area contributed by atoms with E-state index in [0.29, 0.717) is 34.2 Å². The van der Waals surface area contributed by atoms with Crippen LogP contribution in [-0.4, -0.2) is 50.3 Å². The van der Waals surface area contributed by atoms with Gasteiger partial charge in [0.1, 0.15) is 23.0 Å². The molecule has 57 heavy (non-hydrogen) atoms. The maximum atomic E-state index is 12.5. The van der Waals surface area contributed by atoms with Crippen LogP contribution >= 0.6 is 0 Å². The van der Waals surface area contributed by atoms with Gasteiger partial charge in [-0.3, -0.25) is 30.9 Å². The fourth-order valence-corrected chi connectivity index (χ4v) is 5.21. The lowest BCUT2D eigenvalue weighted by atomic mass is 10.3. The number of hydrogen-bond acceptors (Lipinski definition) is 13. The fraction of sp³-hybridized carbons (Fsp3) is 0.139. The minimum atomic E-state index is -1.10. The molecular weight excluding hydrogens is 748 g/mol. The fourth-order valence-electron chi connectivity index (χ4n) is 5.21. The van der Waals surface area contributed by atoms with Gasteiger partial charge in [-0.1, -0.05) is 6.07 Å². The Bertz CT molecular complexity index is 2480. The summed E-state index contributed by atoms with van der Waals surface area (Å²) in [7, 11) is 0. The molecule has 0 atom stereocenters. The van der Waals surface area contributed by atoms with E-state index < -0.39 is 41.5 Å². The average Bonchev–Trinajstić information content (AvgIpc) is 3.85. The number of carbonyl (C=O) groups is 5. The topological polar surface area (TPSA) is 286 Å². The van der Waals surface area contributed by atoms with Gasteiger partial charge in [0, 0.05) is 77.7 Å². The normalized spacial score (nSPS) is 14.0. The molecule has 0 bridgehead atoms. The van der Waals surface area contributed by atoms with Crippen LogP contribution in [0.15, 0.2) is 117 Å². The lowest BCUT2D eigenvalue weighted by Crippen LogP contribution is -2.31. The summed E-state index contributed by atoms with van der Waals surface area (Å²) in [5.41, 5.74) is 1.77. The molecule has 0 unspecified atom stereocenters. The molecule has 0 saturated carbocycles. The third-order valence-electron chi connectivity index (χ3n) is 7.48. The third kappa shape index (κ3) is 11.6. The van der Waals surface area contributed by atoms with Crippen molar-refractivity contribution in [3.05, 3.63) is 139 Å². The summed E-state index contributed by atoms with van der Waals surface area (Å²) in [5, 5.41) is 15.2. The number of ether oxygens (including phenoxy) is 4. The maximum Gasteiger partial charge on any atom is 0.519 e. The van der Waals surface area contributed by atoms with E-state index >= 15 is 0 Å². The zero-order chi connectivity index (χ0) is 40.5. The number of rotatable bonds is 10. The first-order chi connectivity index (χ1) is 27.3. The molecule has 2 aromatic heterocycles. The van der Waals surface area contributed by atoms with Crippen LogP contribution in [0, 0.1) is 13.8 Å². The van der Waals surface area contributed by atoms with E-state index in [9.17, 15) is 33.6 Å². The summed E-state index contributed by atoms with van der Waals surface area (Å²) in [6.07, 6.45) is 6.79. The third-order valence-corrected chi connectivity index (χ3v) is 7.48. The summed E-state index contributed by atoms with van der Waals surface area (Å²) in [6.45, 7) is 3.29. The maximum absolute atomic E-state index is 12.5. The molecule has 3 aliphatic rings. The number of alkyl carbamates (subject to hydrolysis) is 1. The highest BCUT2D eigenvalue weighted by Crippen LogP contribution is 2.24. The summed E-state index contributed by atoms with van der Waals surface area (Å²) >= 11 is 0. The zero-order valence-electron chi connectivity index (χ0n) is 29.9. The first-order valence-corrected chi connectivity index (χ1v) is 16.8. The van der Waals surface area contributed by atoms with Crippen LogP contribution in [0.1, 0.15) is 30.7 Å². The van der Waals surface area contributed by atoms with Crippen LogP contribution in [0.25, 0.3) is 0 Å². The molecule has 0 aliphatic heterocycles. The molecular formula is C36H32N10O11. The molecule has 0 radical (unpaired) electrons. The van der Waals surface area contributed by atoms with Gasteiger partial charge in [0.25, 0.3) is 11.1 Å². The highest BCUT2D eigenvalue weighted by atomic mass is 16.7. The Balaban J connectivity index is 0.875. The Morgan fingerprint density at radius 1 is 0.614 bits per heavy atom. The van der Waals surface area contributed by atoms with Gasteiger partial charge in [0.15, 0.2) is 0 Å². The number of urea groups is 2. The number of nitrogens with zero attached hydrogens (tertiary/aromatic N) is 2. The van der Waals surface area contributed by atoms with Crippen LogP contribution in [0.5, 0.6) is 11.5 Å². The first kappa shape index (κ1) is 38.5. The van der Waals surface area contributed by atoms with E-state index in [4.69, 9.17) is 18.9 Å². The van der Waals surface area contributed by atoms with Gasteiger partial charge in [-0.25, -0.2) is 24.0 Å². The number of benzene rings is 1. The summed E-state index contributed by atoms with van der Waals surface area (Å²) in [6, 6.07) is 6.92. The van der Waals surface area contributed by atoms with Crippen molar-refractivity contribution in [2.24, 2.45) is 0 Å². The van der Waals surface area contributed by atoms with E-state index in [2.05, 4.69) is 51.8 Å². The number of aromatic nitrogens is 4. The van der Waals surface area contributed by atoms with Crippen LogP contribution in [0.2, 0.25) is 0 Å². The van der Waals surface area contributed by atoms with Gasteiger partial charge in [-0.15, -0.1) is 0 Å². The lowest BCUT2D eigenvalue weighted by Gasteiger charge is -2.11. The smallest absolute Gasteiger partial charge is 0.410 e. The van der Waals surface area contributed by atoms with Gasteiger partial charge in [0.05, 0.1) is 0 Å². The Hall–Kier alpha value is -8.23.